The molecule has 148 valence electrons. The Hall–Kier alpha value is -3.16. The van der Waals surface area contributed by atoms with E-state index in [9.17, 15) is 9.59 Å². The van der Waals surface area contributed by atoms with Crippen LogP contribution in [0.25, 0.3) is 11.1 Å². The molecule has 0 saturated carbocycles. The number of amides is 2. The fraction of sp³-hybridized carbons (Fsp3) is 0.0435. The van der Waals surface area contributed by atoms with E-state index in [0.717, 1.165) is 15.6 Å². The van der Waals surface area contributed by atoms with Crippen molar-refractivity contribution in [3.63, 3.8) is 0 Å². The van der Waals surface area contributed by atoms with E-state index in [1.807, 2.05) is 54.6 Å². The van der Waals surface area contributed by atoms with E-state index in [2.05, 4.69) is 26.2 Å². The van der Waals surface area contributed by atoms with Crippen LogP contribution in [0.15, 0.2) is 88.3 Å². The number of anilines is 1. The minimum atomic E-state index is -1.06. The third kappa shape index (κ3) is 4.22. The van der Waals surface area contributed by atoms with Gasteiger partial charge in [0.25, 0.3) is 5.91 Å². The van der Waals surface area contributed by atoms with Crippen LogP contribution < -0.4 is 10.2 Å². The standard InChI is InChI=1S/C23H16BrN3O2S/c24-17-8-12-19(13-9-17)27-22(29)20(21(28)26-23(27)30)14-25-18-10-6-16(7-11-18)15-4-2-1-3-5-15/h1-14,20H,(H,26,28,30)/t20-/m0/s1. The zero-order chi connectivity index (χ0) is 21.1. The average Bonchev–Trinajstić information content (AvgIpc) is 2.76. The van der Waals surface area contributed by atoms with Gasteiger partial charge in [0.2, 0.25) is 5.91 Å². The molecule has 4 rings (SSSR count). The molecule has 1 fully saturated rings. The van der Waals surface area contributed by atoms with Crippen molar-refractivity contribution in [3.05, 3.63) is 83.3 Å². The molecule has 1 aliphatic heterocycles. The SMILES string of the molecule is O=C1NC(=S)N(c2ccc(Br)cc2)C(=O)[C@H]1C=Nc1ccc(-c2ccccc2)cc1. The van der Waals surface area contributed by atoms with Crippen molar-refractivity contribution in [2.24, 2.45) is 10.9 Å². The average molecular weight is 478 g/mol. The molecule has 1 saturated heterocycles. The summed E-state index contributed by atoms with van der Waals surface area (Å²) in [6, 6.07) is 24.7. The van der Waals surface area contributed by atoms with Gasteiger partial charge < -0.3 is 5.32 Å². The lowest BCUT2D eigenvalue weighted by atomic mass is 10.0. The van der Waals surface area contributed by atoms with Gasteiger partial charge in [-0.05, 0) is 59.7 Å². The summed E-state index contributed by atoms with van der Waals surface area (Å²) in [6.07, 6.45) is 1.36. The second-order valence-electron chi connectivity index (χ2n) is 6.61. The minimum Gasteiger partial charge on any atom is -0.301 e. The number of thiocarbonyl (C=S) groups is 1. The highest BCUT2D eigenvalue weighted by atomic mass is 79.9. The first-order valence-electron chi connectivity index (χ1n) is 9.17. The van der Waals surface area contributed by atoms with E-state index >= 15 is 0 Å². The third-order valence-corrected chi connectivity index (χ3v) is 5.45. The third-order valence-electron chi connectivity index (χ3n) is 4.63. The lowest BCUT2D eigenvalue weighted by Crippen LogP contribution is -2.58. The molecule has 0 aromatic heterocycles. The van der Waals surface area contributed by atoms with E-state index in [-0.39, 0.29) is 5.11 Å². The van der Waals surface area contributed by atoms with Crippen LogP contribution in [0.5, 0.6) is 0 Å². The van der Waals surface area contributed by atoms with Crippen molar-refractivity contribution >= 4 is 62.7 Å². The van der Waals surface area contributed by atoms with Gasteiger partial charge in [0.05, 0.1) is 11.4 Å². The second-order valence-corrected chi connectivity index (χ2v) is 7.92. The Morgan fingerprint density at radius 3 is 2.20 bits per heavy atom. The highest BCUT2D eigenvalue weighted by Crippen LogP contribution is 2.24. The first-order chi connectivity index (χ1) is 14.5. The summed E-state index contributed by atoms with van der Waals surface area (Å²) >= 11 is 8.57. The molecule has 30 heavy (non-hydrogen) atoms. The zero-order valence-electron chi connectivity index (χ0n) is 15.7. The van der Waals surface area contributed by atoms with Crippen molar-refractivity contribution in [2.75, 3.05) is 4.90 Å². The van der Waals surface area contributed by atoms with E-state index < -0.39 is 17.7 Å². The number of rotatable bonds is 4. The molecule has 1 heterocycles. The van der Waals surface area contributed by atoms with E-state index in [0.29, 0.717) is 11.4 Å². The van der Waals surface area contributed by atoms with Crippen molar-refractivity contribution < 1.29 is 9.59 Å². The quantitative estimate of drug-likeness (QED) is 0.330. The summed E-state index contributed by atoms with van der Waals surface area (Å²) in [5.74, 6) is -1.98. The fourth-order valence-corrected chi connectivity index (χ4v) is 3.65. The van der Waals surface area contributed by atoms with Crippen molar-refractivity contribution in [1.29, 1.82) is 0 Å². The van der Waals surface area contributed by atoms with E-state index in [4.69, 9.17) is 12.2 Å². The van der Waals surface area contributed by atoms with Crippen LogP contribution in [0, 0.1) is 5.92 Å². The molecule has 1 atom stereocenters. The van der Waals surface area contributed by atoms with Gasteiger partial charge in [-0.2, -0.15) is 0 Å². The van der Waals surface area contributed by atoms with Crippen LogP contribution in [-0.2, 0) is 9.59 Å². The molecule has 3 aromatic carbocycles. The predicted molar refractivity (Wildman–Crippen MR) is 126 cm³/mol. The smallest absolute Gasteiger partial charge is 0.251 e. The molecule has 2 amide bonds. The summed E-state index contributed by atoms with van der Waals surface area (Å²) in [5, 5.41) is 2.64. The second kappa shape index (κ2) is 8.69. The molecule has 0 spiro atoms. The number of benzene rings is 3. The Morgan fingerprint density at radius 1 is 0.900 bits per heavy atom. The van der Waals surface area contributed by atoms with Gasteiger partial charge in [-0.15, -0.1) is 0 Å². The number of hydrogen-bond donors (Lipinski definition) is 1. The number of nitrogens with zero attached hydrogens (tertiary/aromatic N) is 2. The predicted octanol–water partition coefficient (Wildman–Crippen LogP) is 4.88. The fourth-order valence-electron chi connectivity index (χ4n) is 3.09. The molecule has 0 unspecified atom stereocenters. The normalized spacial score (nSPS) is 16.8. The van der Waals surface area contributed by atoms with Gasteiger partial charge in [0, 0.05) is 10.7 Å². The van der Waals surface area contributed by atoms with E-state index in [1.54, 1.807) is 24.3 Å². The molecule has 1 aliphatic rings. The maximum atomic E-state index is 13.0. The van der Waals surface area contributed by atoms with E-state index in [1.165, 1.54) is 11.1 Å². The zero-order valence-corrected chi connectivity index (χ0v) is 18.1. The highest BCUT2D eigenvalue weighted by molar-refractivity contribution is 9.10. The molecular weight excluding hydrogens is 462 g/mol. The maximum absolute atomic E-state index is 13.0. The summed E-state index contributed by atoms with van der Waals surface area (Å²) in [4.78, 5) is 31.0. The Balaban J connectivity index is 1.54. The van der Waals surface area contributed by atoms with Gasteiger partial charge in [0.15, 0.2) is 11.0 Å². The Bertz CT molecular complexity index is 1130. The van der Waals surface area contributed by atoms with Crippen LogP contribution in [0.2, 0.25) is 0 Å². The summed E-state index contributed by atoms with van der Waals surface area (Å²) in [7, 11) is 0. The topological polar surface area (TPSA) is 61.8 Å². The number of aliphatic imine (C=N–C) groups is 1. The molecule has 0 aliphatic carbocycles. The summed E-state index contributed by atoms with van der Waals surface area (Å²) in [6.45, 7) is 0. The molecule has 0 bridgehead atoms. The Morgan fingerprint density at radius 2 is 1.53 bits per heavy atom. The van der Waals surface area contributed by atoms with Crippen LogP contribution in [0.1, 0.15) is 0 Å². The number of hydrogen-bond acceptors (Lipinski definition) is 4. The molecule has 5 nitrogen and oxygen atoms in total. The van der Waals surface area contributed by atoms with Crippen LogP contribution >= 0.6 is 28.1 Å². The first-order valence-corrected chi connectivity index (χ1v) is 10.4. The van der Waals surface area contributed by atoms with Crippen LogP contribution in [0.3, 0.4) is 0 Å². The number of carbonyl (C=O) groups excluding carboxylic acids is 2. The van der Waals surface area contributed by atoms with Crippen LogP contribution in [0.4, 0.5) is 11.4 Å². The van der Waals surface area contributed by atoms with Gasteiger partial charge in [-0.3, -0.25) is 19.5 Å². The van der Waals surface area contributed by atoms with Crippen molar-refractivity contribution in [1.82, 2.24) is 5.32 Å². The first kappa shape index (κ1) is 20.1. The number of nitrogens with one attached hydrogen (secondary N) is 1. The lowest BCUT2D eigenvalue weighted by Gasteiger charge is -2.30. The highest BCUT2D eigenvalue weighted by Gasteiger charge is 2.38. The van der Waals surface area contributed by atoms with Gasteiger partial charge in [-0.1, -0.05) is 58.4 Å². The largest absolute Gasteiger partial charge is 0.301 e. The van der Waals surface area contributed by atoms with Gasteiger partial charge >= 0.3 is 0 Å². The molecule has 3 aromatic rings. The summed E-state index contributed by atoms with van der Waals surface area (Å²) in [5.41, 5.74) is 3.40. The number of carbonyl (C=O) groups is 2. The molecule has 1 N–H and O–H groups in total. The van der Waals surface area contributed by atoms with Crippen molar-refractivity contribution in [3.8, 4) is 11.1 Å². The Kier molecular flexibility index (Phi) is 5.83. The van der Waals surface area contributed by atoms with Crippen molar-refractivity contribution in [2.45, 2.75) is 0 Å². The molecular formula is C23H16BrN3O2S. The molecule has 0 radical (unpaired) electrons. The van der Waals surface area contributed by atoms with Gasteiger partial charge in [0.1, 0.15) is 0 Å². The number of halogens is 1. The maximum Gasteiger partial charge on any atom is 0.251 e. The van der Waals surface area contributed by atoms with Crippen LogP contribution in [-0.4, -0.2) is 23.1 Å². The van der Waals surface area contributed by atoms with Gasteiger partial charge in [-0.25, -0.2) is 0 Å². The monoisotopic (exact) mass is 477 g/mol. The minimum absolute atomic E-state index is 0.0594. The summed E-state index contributed by atoms with van der Waals surface area (Å²) < 4.78 is 0.878. The lowest BCUT2D eigenvalue weighted by molar-refractivity contribution is -0.130. The Labute approximate surface area is 187 Å². The molecule has 7 heteroatoms.